The highest BCUT2D eigenvalue weighted by Crippen LogP contribution is 1.98. The van der Waals surface area contributed by atoms with E-state index in [4.69, 9.17) is 0 Å². The van der Waals surface area contributed by atoms with Crippen molar-refractivity contribution in [1.29, 1.82) is 0 Å². The van der Waals surface area contributed by atoms with Crippen LogP contribution in [0.2, 0.25) is 0 Å². The van der Waals surface area contributed by atoms with Gasteiger partial charge in [-0.15, -0.1) is 0 Å². The molecule has 2 N–H and O–H groups in total. The Labute approximate surface area is 74.6 Å². The van der Waals surface area contributed by atoms with Gasteiger partial charge in [0.2, 0.25) is 5.91 Å². The molecule has 70 valence electrons. The van der Waals surface area contributed by atoms with Crippen molar-refractivity contribution >= 4 is 16.7 Å². The van der Waals surface area contributed by atoms with Gasteiger partial charge in [-0.25, -0.2) is 0 Å². The van der Waals surface area contributed by atoms with E-state index in [1.165, 1.54) is 6.26 Å². The highest BCUT2D eigenvalue weighted by Gasteiger charge is 2.16. The van der Waals surface area contributed by atoms with Crippen LogP contribution in [0.25, 0.3) is 0 Å². The number of amides is 1. The van der Waals surface area contributed by atoms with Gasteiger partial charge in [0.15, 0.2) is 0 Å². The number of rotatable bonds is 4. The fourth-order valence-corrected chi connectivity index (χ4v) is 1.47. The van der Waals surface area contributed by atoms with E-state index >= 15 is 0 Å². The standard InChI is InChI=1S/C7H14N2O2S/c1-12(11)5-7(10)9-4-6-2-3-8-6/h6,8H,2-5H2,1H3,(H,9,10). The quantitative estimate of drug-likeness (QED) is 0.588. The van der Waals surface area contributed by atoms with Crippen LogP contribution >= 0.6 is 0 Å². The van der Waals surface area contributed by atoms with E-state index in [-0.39, 0.29) is 11.7 Å². The zero-order valence-corrected chi connectivity index (χ0v) is 7.95. The summed E-state index contributed by atoms with van der Waals surface area (Å²) in [5.74, 6) is -0.00302. The summed E-state index contributed by atoms with van der Waals surface area (Å²) in [5, 5.41) is 5.89. The van der Waals surface area contributed by atoms with Crippen molar-refractivity contribution in [2.45, 2.75) is 12.5 Å². The van der Waals surface area contributed by atoms with Gasteiger partial charge in [-0.1, -0.05) is 0 Å². The predicted molar refractivity (Wildman–Crippen MR) is 48.4 cm³/mol. The van der Waals surface area contributed by atoms with Crippen molar-refractivity contribution in [1.82, 2.24) is 10.6 Å². The maximum Gasteiger partial charge on any atom is 0.232 e. The van der Waals surface area contributed by atoms with Gasteiger partial charge in [-0.3, -0.25) is 9.00 Å². The first-order valence-corrected chi connectivity index (χ1v) is 5.71. The lowest BCUT2D eigenvalue weighted by molar-refractivity contribution is -0.118. The molecule has 0 saturated carbocycles. The van der Waals surface area contributed by atoms with Crippen molar-refractivity contribution in [2.24, 2.45) is 0 Å². The Balaban J connectivity index is 2.05. The molecule has 0 aliphatic carbocycles. The normalized spacial score (nSPS) is 24.2. The second-order valence-electron chi connectivity index (χ2n) is 2.96. The Morgan fingerprint density at radius 2 is 2.42 bits per heavy atom. The maximum absolute atomic E-state index is 11.0. The molecule has 0 bridgehead atoms. The van der Waals surface area contributed by atoms with E-state index in [1.54, 1.807) is 0 Å². The SMILES string of the molecule is CS(=O)CC(=O)NCC1CCN1. The molecule has 5 heteroatoms. The van der Waals surface area contributed by atoms with Gasteiger partial charge in [0.25, 0.3) is 0 Å². The molecular formula is C7H14N2O2S. The smallest absolute Gasteiger partial charge is 0.232 e. The summed E-state index contributed by atoms with van der Waals surface area (Å²) in [6, 6.07) is 0.430. The molecule has 1 saturated heterocycles. The summed E-state index contributed by atoms with van der Waals surface area (Å²) >= 11 is 0. The Bertz CT molecular complexity index is 192. The fraction of sp³-hybridized carbons (Fsp3) is 0.857. The summed E-state index contributed by atoms with van der Waals surface area (Å²) in [6.07, 6.45) is 2.65. The topological polar surface area (TPSA) is 58.2 Å². The first kappa shape index (κ1) is 9.67. The molecule has 0 radical (unpaired) electrons. The van der Waals surface area contributed by atoms with Crippen molar-refractivity contribution < 1.29 is 9.00 Å². The first-order chi connectivity index (χ1) is 5.68. The second kappa shape index (κ2) is 4.57. The molecule has 0 aromatic carbocycles. The van der Waals surface area contributed by atoms with Gasteiger partial charge in [0.1, 0.15) is 5.75 Å². The molecule has 0 aromatic heterocycles. The van der Waals surface area contributed by atoms with Crippen LogP contribution < -0.4 is 10.6 Å². The monoisotopic (exact) mass is 190 g/mol. The van der Waals surface area contributed by atoms with Crippen LogP contribution in [-0.4, -0.2) is 41.3 Å². The van der Waals surface area contributed by atoms with Gasteiger partial charge in [0, 0.05) is 29.6 Å². The predicted octanol–water partition coefficient (Wildman–Crippen LogP) is -1.16. The Morgan fingerprint density at radius 1 is 1.75 bits per heavy atom. The number of carbonyl (C=O) groups excluding carboxylic acids is 1. The van der Waals surface area contributed by atoms with Crippen molar-refractivity contribution in [3.63, 3.8) is 0 Å². The third kappa shape index (κ3) is 3.32. The Kier molecular flexibility index (Phi) is 3.68. The van der Waals surface area contributed by atoms with Crippen molar-refractivity contribution in [2.75, 3.05) is 25.1 Å². The van der Waals surface area contributed by atoms with Crippen molar-refractivity contribution in [3.05, 3.63) is 0 Å². The largest absolute Gasteiger partial charge is 0.354 e. The van der Waals surface area contributed by atoms with Gasteiger partial charge in [-0.05, 0) is 13.0 Å². The summed E-state index contributed by atoms with van der Waals surface area (Å²) in [7, 11) is -1.03. The zero-order valence-electron chi connectivity index (χ0n) is 7.13. The number of carbonyl (C=O) groups is 1. The fourth-order valence-electron chi connectivity index (χ4n) is 0.995. The minimum absolute atomic E-state index is 0.118. The van der Waals surface area contributed by atoms with Crippen LogP contribution in [0.4, 0.5) is 0 Å². The lowest BCUT2D eigenvalue weighted by Crippen LogP contribution is -2.50. The van der Waals surface area contributed by atoms with Crippen molar-refractivity contribution in [3.8, 4) is 0 Å². The van der Waals surface area contributed by atoms with E-state index in [1.807, 2.05) is 0 Å². The molecular weight excluding hydrogens is 176 g/mol. The van der Waals surface area contributed by atoms with Gasteiger partial charge in [0.05, 0.1) is 0 Å². The highest BCUT2D eigenvalue weighted by atomic mass is 32.2. The number of nitrogens with one attached hydrogen (secondary N) is 2. The summed E-state index contributed by atoms with van der Waals surface area (Å²) in [6.45, 7) is 1.70. The lowest BCUT2D eigenvalue weighted by atomic mass is 10.1. The zero-order chi connectivity index (χ0) is 8.97. The van der Waals surface area contributed by atoms with E-state index in [9.17, 15) is 9.00 Å². The summed E-state index contributed by atoms with van der Waals surface area (Å²) in [5.41, 5.74) is 0. The Morgan fingerprint density at radius 3 is 2.83 bits per heavy atom. The molecule has 1 fully saturated rings. The molecule has 1 aliphatic heterocycles. The third-order valence-electron chi connectivity index (χ3n) is 1.81. The van der Waals surface area contributed by atoms with Crippen LogP contribution in [0.15, 0.2) is 0 Å². The molecule has 1 aliphatic rings. The third-order valence-corrected chi connectivity index (χ3v) is 2.47. The molecule has 1 heterocycles. The van der Waals surface area contributed by atoms with E-state index in [0.717, 1.165) is 13.0 Å². The highest BCUT2D eigenvalue weighted by molar-refractivity contribution is 7.85. The molecule has 12 heavy (non-hydrogen) atoms. The molecule has 2 atom stereocenters. The lowest BCUT2D eigenvalue weighted by Gasteiger charge is -2.27. The minimum atomic E-state index is -1.03. The Hall–Kier alpha value is -0.420. The second-order valence-corrected chi connectivity index (χ2v) is 4.40. The summed E-state index contributed by atoms with van der Waals surface area (Å²) in [4.78, 5) is 11.0. The minimum Gasteiger partial charge on any atom is -0.354 e. The summed E-state index contributed by atoms with van der Waals surface area (Å²) < 4.78 is 10.6. The molecule has 1 rings (SSSR count). The van der Waals surface area contributed by atoms with E-state index in [2.05, 4.69) is 10.6 Å². The van der Waals surface area contributed by atoms with Crippen LogP contribution in [0.5, 0.6) is 0 Å². The number of hydrogen-bond donors (Lipinski definition) is 2. The molecule has 4 nitrogen and oxygen atoms in total. The van der Waals surface area contributed by atoms with Crippen LogP contribution in [0.3, 0.4) is 0 Å². The van der Waals surface area contributed by atoms with Crippen LogP contribution in [-0.2, 0) is 15.6 Å². The number of hydrogen-bond acceptors (Lipinski definition) is 3. The van der Waals surface area contributed by atoms with Gasteiger partial charge >= 0.3 is 0 Å². The van der Waals surface area contributed by atoms with Gasteiger partial charge in [-0.2, -0.15) is 0 Å². The molecule has 0 aromatic rings. The van der Waals surface area contributed by atoms with Crippen LogP contribution in [0, 0.1) is 0 Å². The average molecular weight is 190 g/mol. The molecule has 0 spiro atoms. The average Bonchev–Trinajstić information content (AvgIpc) is 1.81. The molecule has 2 unspecified atom stereocenters. The molecule has 1 amide bonds. The maximum atomic E-state index is 11.0. The first-order valence-electron chi connectivity index (χ1n) is 3.98. The van der Waals surface area contributed by atoms with E-state index in [0.29, 0.717) is 12.6 Å². The van der Waals surface area contributed by atoms with E-state index < -0.39 is 10.8 Å². The van der Waals surface area contributed by atoms with Crippen LogP contribution in [0.1, 0.15) is 6.42 Å². The van der Waals surface area contributed by atoms with Gasteiger partial charge < -0.3 is 10.6 Å².